The zero-order chi connectivity index (χ0) is 17.2. The van der Waals surface area contributed by atoms with Crippen molar-refractivity contribution in [2.45, 2.75) is 58.0 Å². The van der Waals surface area contributed by atoms with Crippen LogP contribution in [0.15, 0.2) is 24.3 Å². The summed E-state index contributed by atoms with van der Waals surface area (Å²) in [7, 11) is 0. The van der Waals surface area contributed by atoms with Gasteiger partial charge in [0.25, 0.3) is 0 Å². The Morgan fingerprint density at radius 1 is 1.29 bits per heavy atom. The lowest BCUT2D eigenvalue weighted by atomic mass is 9.95. The van der Waals surface area contributed by atoms with Crippen LogP contribution in [0, 0.1) is 5.41 Å². The van der Waals surface area contributed by atoms with Crippen LogP contribution in [-0.2, 0) is 16.1 Å². The molecule has 1 saturated heterocycles. The van der Waals surface area contributed by atoms with Crippen molar-refractivity contribution in [2.75, 3.05) is 6.54 Å². The fourth-order valence-electron chi connectivity index (χ4n) is 3.62. The molecule has 2 aliphatic rings. The number of rotatable bonds is 5. The van der Waals surface area contributed by atoms with Gasteiger partial charge in [0.1, 0.15) is 5.41 Å². The summed E-state index contributed by atoms with van der Waals surface area (Å²) in [6.07, 6.45) is 5.55. The van der Waals surface area contributed by atoms with E-state index in [4.69, 9.17) is 11.6 Å². The zero-order valence-corrected chi connectivity index (χ0v) is 14.9. The van der Waals surface area contributed by atoms with Crippen molar-refractivity contribution < 1.29 is 9.59 Å². The van der Waals surface area contributed by atoms with Gasteiger partial charge < -0.3 is 10.2 Å². The van der Waals surface area contributed by atoms with Crippen LogP contribution in [0.2, 0.25) is 5.02 Å². The molecule has 0 aromatic heterocycles. The topological polar surface area (TPSA) is 49.4 Å². The standard InChI is InChI=1S/C19H25ClN2O2/c1-2-15-8-5-6-12-22(15)18(24)19(10-11-19)17(23)21-13-14-7-3-4-9-16(14)20/h3-4,7,9,15H,2,5-6,8,10-13H2,1H3,(H,21,23). The molecule has 4 nitrogen and oxygen atoms in total. The monoisotopic (exact) mass is 348 g/mol. The Labute approximate surface area is 148 Å². The van der Waals surface area contributed by atoms with Gasteiger partial charge in [-0.3, -0.25) is 9.59 Å². The first-order chi connectivity index (χ1) is 11.6. The van der Waals surface area contributed by atoms with Crippen molar-refractivity contribution in [3.63, 3.8) is 0 Å². The predicted molar refractivity (Wildman–Crippen MR) is 94.6 cm³/mol. The van der Waals surface area contributed by atoms with E-state index >= 15 is 0 Å². The third-order valence-electron chi connectivity index (χ3n) is 5.35. The van der Waals surface area contributed by atoms with Gasteiger partial charge in [-0.15, -0.1) is 0 Å². The summed E-state index contributed by atoms with van der Waals surface area (Å²) in [6, 6.07) is 7.74. The summed E-state index contributed by atoms with van der Waals surface area (Å²) in [5.41, 5.74) is 0.0478. The number of likely N-dealkylation sites (tertiary alicyclic amines) is 1. The molecule has 0 bridgehead atoms. The normalized spacial score (nSPS) is 22.1. The molecule has 1 aliphatic heterocycles. The Kier molecular flexibility index (Phi) is 5.14. The van der Waals surface area contributed by atoms with Crippen LogP contribution < -0.4 is 5.32 Å². The van der Waals surface area contributed by atoms with Crippen LogP contribution in [0.1, 0.15) is 51.0 Å². The third kappa shape index (κ3) is 3.30. The maximum absolute atomic E-state index is 13.0. The lowest BCUT2D eigenvalue weighted by Gasteiger charge is -2.37. The number of hydrogen-bond donors (Lipinski definition) is 1. The largest absolute Gasteiger partial charge is 0.351 e. The molecule has 1 heterocycles. The van der Waals surface area contributed by atoms with Gasteiger partial charge in [-0.2, -0.15) is 0 Å². The van der Waals surface area contributed by atoms with Crippen molar-refractivity contribution in [3.8, 4) is 0 Å². The van der Waals surface area contributed by atoms with Gasteiger partial charge in [0.15, 0.2) is 0 Å². The van der Waals surface area contributed by atoms with Crippen LogP contribution in [0.25, 0.3) is 0 Å². The van der Waals surface area contributed by atoms with Gasteiger partial charge in [0.05, 0.1) is 0 Å². The van der Waals surface area contributed by atoms with E-state index in [1.54, 1.807) is 6.07 Å². The molecule has 2 amide bonds. The van der Waals surface area contributed by atoms with Crippen LogP contribution in [-0.4, -0.2) is 29.3 Å². The molecule has 2 fully saturated rings. The maximum atomic E-state index is 13.0. The molecule has 0 radical (unpaired) electrons. The average molecular weight is 349 g/mol. The Morgan fingerprint density at radius 2 is 2.04 bits per heavy atom. The minimum Gasteiger partial charge on any atom is -0.351 e. The fraction of sp³-hybridized carbons (Fsp3) is 0.579. The molecule has 24 heavy (non-hydrogen) atoms. The first-order valence-corrected chi connectivity index (χ1v) is 9.29. The van der Waals surface area contributed by atoms with Gasteiger partial charge in [0, 0.05) is 24.2 Å². The second-order valence-corrected chi connectivity index (χ2v) is 7.32. The first kappa shape index (κ1) is 17.3. The van der Waals surface area contributed by atoms with E-state index in [-0.39, 0.29) is 11.8 Å². The minimum absolute atomic E-state index is 0.0331. The third-order valence-corrected chi connectivity index (χ3v) is 5.72. The van der Waals surface area contributed by atoms with Gasteiger partial charge in [-0.25, -0.2) is 0 Å². The molecule has 1 unspecified atom stereocenters. The van der Waals surface area contributed by atoms with Crippen molar-refractivity contribution in [1.82, 2.24) is 10.2 Å². The van der Waals surface area contributed by atoms with E-state index in [0.29, 0.717) is 30.5 Å². The fourth-order valence-corrected chi connectivity index (χ4v) is 3.82. The number of nitrogens with one attached hydrogen (secondary N) is 1. The van der Waals surface area contributed by atoms with Crippen LogP contribution in [0.5, 0.6) is 0 Å². The Hall–Kier alpha value is -1.55. The summed E-state index contributed by atoms with van der Waals surface area (Å²) < 4.78 is 0. The van der Waals surface area contributed by atoms with E-state index in [1.165, 1.54) is 6.42 Å². The van der Waals surface area contributed by atoms with E-state index < -0.39 is 5.41 Å². The van der Waals surface area contributed by atoms with Gasteiger partial charge in [-0.1, -0.05) is 36.7 Å². The molecule has 130 valence electrons. The molecule has 1 N–H and O–H groups in total. The number of halogens is 1. The molecule has 1 aliphatic carbocycles. The van der Waals surface area contributed by atoms with Gasteiger partial charge in [-0.05, 0) is 50.2 Å². The van der Waals surface area contributed by atoms with Crippen LogP contribution in [0.3, 0.4) is 0 Å². The van der Waals surface area contributed by atoms with E-state index in [9.17, 15) is 9.59 Å². The number of benzene rings is 1. The van der Waals surface area contributed by atoms with Gasteiger partial charge in [0.2, 0.25) is 11.8 Å². The maximum Gasteiger partial charge on any atom is 0.238 e. The van der Waals surface area contributed by atoms with Crippen LogP contribution >= 0.6 is 11.6 Å². The second kappa shape index (κ2) is 7.14. The highest BCUT2D eigenvalue weighted by Gasteiger charge is 2.58. The molecule has 1 aromatic rings. The van der Waals surface area contributed by atoms with Crippen molar-refractivity contribution in [3.05, 3.63) is 34.9 Å². The summed E-state index contributed by atoms with van der Waals surface area (Å²) in [6.45, 7) is 3.27. The molecule has 3 rings (SSSR count). The highest BCUT2D eigenvalue weighted by molar-refractivity contribution is 6.31. The summed E-state index contributed by atoms with van der Waals surface area (Å²) in [5, 5.41) is 3.56. The van der Waals surface area contributed by atoms with Crippen molar-refractivity contribution >= 4 is 23.4 Å². The highest BCUT2D eigenvalue weighted by Crippen LogP contribution is 2.48. The number of nitrogens with zero attached hydrogens (tertiary/aromatic N) is 1. The molecule has 0 spiro atoms. The second-order valence-electron chi connectivity index (χ2n) is 6.91. The SMILES string of the molecule is CCC1CCCCN1C(=O)C1(C(=O)NCc2ccccc2Cl)CC1. The molecule has 1 saturated carbocycles. The molecule has 5 heteroatoms. The number of amides is 2. The smallest absolute Gasteiger partial charge is 0.238 e. The average Bonchev–Trinajstić information content (AvgIpc) is 3.42. The van der Waals surface area contributed by atoms with Gasteiger partial charge >= 0.3 is 0 Å². The Balaban J connectivity index is 1.65. The summed E-state index contributed by atoms with van der Waals surface area (Å²) >= 11 is 6.13. The summed E-state index contributed by atoms with van der Waals surface area (Å²) in [4.78, 5) is 27.7. The predicted octanol–water partition coefficient (Wildman–Crippen LogP) is 3.53. The van der Waals surface area contributed by atoms with Crippen LogP contribution in [0.4, 0.5) is 0 Å². The Morgan fingerprint density at radius 3 is 2.71 bits per heavy atom. The zero-order valence-electron chi connectivity index (χ0n) is 14.2. The lowest BCUT2D eigenvalue weighted by Crippen LogP contribution is -2.50. The highest BCUT2D eigenvalue weighted by atomic mass is 35.5. The minimum atomic E-state index is -0.827. The van der Waals surface area contributed by atoms with E-state index in [0.717, 1.165) is 31.4 Å². The van der Waals surface area contributed by atoms with E-state index in [1.807, 2.05) is 23.1 Å². The Bertz CT molecular complexity index is 628. The quantitative estimate of drug-likeness (QED) is 0.827. The van der Waals surface area contributed by atoms with Crippen molar-refractivity contribution in [1.29, 1.82) is 0 Å². The number of hydrogen-bond acceptors (Lipinski definition) is 2. The van der Waals surface area contributed by atoms with Crippen molar-refractivity contribution in [2.24, 2.45) is 5.41 Å². The lowest BCUT2D eigenvalue weighted by molar-refractivity contribution is -0.147. The first-order valence-electron chi connectivity index (χ1n) is 8.91. The summed E-state index contributed by atoms with van der Waals surface area (Å²) in [5.74, 6) is -0.112. The number of piperidine rings is 1. The molecule has 1 atom stereocenters. The van der Waals surface area contributed by atoms with E-state index in [2.05, 4.69) is 12.2 Å². The molecular weight excluding hydrogens is 324 g/mol. The number of carbonyl (C=O) groups excluding carboxylic acids is 2. The molecular formula is C19H25ClN2O2. The number of carbonyl (C=O) groups is 2. The molecule has 1 aromatic carbocycles.